The van der Waals surface area contributed by atoms with Crippen molar-refractivity contribution in [3.8, 4) is 0 Å². The van der Waals surface area contributed by atoms with Crippen LogP contribution in [0.1, 0.15) is 18.4 Å². The van der Waals surface area contributed by atoms with E-state index in [-0.39, 0.29) is 0 Å². The average molecular weight is 258 g/mol. The molecule has 1 aliphatic rings. The second kappa shape index (κ2) is 4.20. The summed E-state index contributed by atoms with van der Waals surface area (Å²) >= 11 is 5.80. The highest BCUT2D eigenvalue weighted by atomic mass is 35.5. The molecule has 0 saturated heterocycles. The van der Waals surface area contributed by atoms with Crippen LogP contribution < -0.4 is 5.73 Å². The van der Waals surface area contributed by atoms with E-state index in [1.54, 1.807) is 12.1 Å². The highest BCUT2D eigenvalue weighted by molar-refractivity contribution is 7.95. The molecule has 0 fully saturated rings. The molecule has 0 radical (unpaired) electrons. The van der Waals surface area contributed by atoms with Gasteiger partial charge in [0.15, 0.2) is 0 Å². The third-order valence-corrected chi connectivity index (χ3v) is 4.32. The first-order chi connectivity index (χ1) is 7.54. The van der Waals surface area contributed by atoms with Crippen LogP contribution in [0, 0.1) is 0 Å². The molecule has 0 spiro atoms. The minimum Gasteiger partial charge on any atom is -0.330 e. The molecule has 0 aromatic heterocycles. The Bertz CT molecular complexity index is 549. The number of benzene rings is 1. The van der Waals surface area contributed by atoms with E-state index in [2.05, 4.69) is 0 Å². The Balaban J connectivity index is 2.48. The van der Waals surface area contributed by atoms with E-state index < -0.39 is 9.84 Å². The zero-order chi connectivity index (χ0) is 11.8. The smallest absolute Gasteiger partial charge is 0.200 e. The SMILES string of the molecule is NCCCC1=CS(=O)(=O)c2cc(Cl)ccc21. The van der Waals surface area contributed by atoms with Crippen molar-refractivity contribution in [2.45, 2.75) is 17.7 Å². The number of nitrogens with two attached hydrogens (primary N) is 1. The Morgan fingerprint density at radius 3 is 2.75 bits per heavy atom. The minimum absolute atomic E-state index is 0.312. The molecular formula is C11H12ClNO2S. The topological polar surface area (TPSA) is 60.2 Å². The van der Waals surface area contributed by atoms with Crippen LogP contribution >= 0.6 is 11.6 Å². The third-order valence-electron chi connectivity index (χ3n) is 2.54. The van der Waals surface area contributed by atoms with Gasteiger partial charge in [-0.05, 0) is 42.7 Å². The molecule has 16 heavy (non-hydrogen) atoms. The molecule has 1 aliphatic heterocycles. The summed E-state index contributed by atoms with van der Waals surface area (Å²) in [5.74, 6) is 0. The van der Waals surface area contributed by atoms with Crippen molar-refractivity contribution in [3.63, 3.8) is 0 Å². The van der Waals surface area contributed by atoms with Gasteiger partial charge in [0.05, 0.1) is 4.90 Å². The van der Waals surface area contributed by atoms with E-state index >= 15 is 0 Å². The van der Waals surface area contributed by atoms with Gasteiger partial charge >= 0.3 is 0 Å². The lowest BCUT2D eigenvalue weighted by Gasteiger charge is -2.03. The fourth-order valence-electron chi connectivity index (χ4n) is 1.80. The molecule has 0 aliphatic carbocycles. The summed E-state index contributed by atoms with van der Waals surface area (Å²) in [5.41, 5.74) is 7.01. The quantitative estimate of drug-likeness (QED) is 0.903. The lowest BCUT2D eigenvalue weighted by Crippen LogP contribution is -1.98. The summed E-state index contributed by atoms with van der Waals surface area (Å²) in [4.78, 5) is 0.312. The molecule has 1 aromatic carbocycles. The normalized spacial score (nSPS) is 17.0. The second-order valence-corrected chi connectivity index (χ2v) is 5.92. The molecule has 86 valence electrons. The van der Waals surface area contributed by atoms with Crippen LogP contribution in [0.25, 0.3) is 5.57 Å². The van der Waals surface area contributed by atoms with E-state index in [0.717, 1.165) is 17.6 Å². The summed E-state index contributed by atoms with van der Waals surface area (Å²) in [7, 11) is -3.29. The third kappa shape index (κ3) is 2.00. The lowest BCUT2D eigenvalue weighted by atomic mass is 10.0. The maximum atomic E-state index is 11.8. The summed E-state index contributed by atoms with van der Waals surface area (Å²) in [6, 6.07) is 4.96. The average Bonchev–Trinajstić information content (AvgIpc) is 2.48. The summed E-state index contributed by atoms with van der Waals surface area (Å²) in [6.45, 7) is 0.556. The van der Waals surface area contributed by atoms with Crippen molar-refractivity contribution in [1.82, 2.24) is 0 Å². The Labute approximate surface area is 99.8 Å². The predicted molar refractivity (Wildman–Crippen MR) is 64.9 cm³/mol. The van der Waals surface area contributed by atoms with Gasteiger partial charge in [-0.25, -0.2) is 8.42 Å². The zero-order valence-electron chi connectivity index (χ0n) is 8.61. The molecule has 1 aromatic rings. The van der Waals surface area contributed by atoms with E-state index in [4.69, 9.17) is 17.3 Å². The van der Waals surface area contributed by atoms with Crippen molar-refractivity contribution in [3.05, 3.63) is 34.2 Å². The first-order valence-corrected chi connectivity index (χ1v) is 6.92. The molecule has 2 rings (SSSR count). The van der Waals surface area contributed by atoms with Crippen molar-refractivity contribution in [2.75, 3.05) is 6.54 Å². The minimum atomic E-state index is -3.29. The van der Waals surface area contributed by atoms with Gasteiger partial charge in [0.2, 0.25) is 9.84 Å². The van der Waals surface area contributed by atoms with E-state index in [1.165, 1.54) is 11.5 Å². The summed E-state index contributed by atoms with van der Waals surface area (Å²) in [6.07, 6.45) is 1.47. The predicted octanol–water partition coefficient (Wildman–Crippen LogP) is 2.21. The van der Waals surface area contributed by atoms with Crippen LogP contribution in [0.2, 0.25) is 5.02 Å². The number of hydrogen-bond acceptors (Lipinski definition) is 3. The maximum Gasteiger partial charge on any atom is 0.200 e. The highest BCUT2D eigenvalue weighted by Crippen LogP contribution is 2.37. The van der Waals surface area contributed by atoms with Gasteiger partial charge in [-0.15, -0.1) is 0 Å². The molecular weight excluding hydrogens is 246 g/mol. The number of allylic oxidation sites excluding steroid dienone is 1. The number of sulfone groups is 1. The first-order valence-electron chi connectivity index (χ1n) is 5.00. The highest BCUT2D eigenvalue weighted by Gasteiger charge is 2.26. The number of fused-ring (bicyclic) bond motifs is 1. The van der Waals surface area contributed by atoms with Gasteiger partial charge in [-0.3, -0.25) is 0 Å². The molecule has 5 heteroatoms. The van der Waals surface area contributed by atoms with Crippen molar-refractivity contribution >= 4 is 27.0 Å². The van der Waals surface area contributed by atoms with Crippen molar-refractivity contribution < 1.29 is 8.42 Å². The van der Waals surface area contributed by atoms with E-state index in [0.29, 0.717) is 22.9 Å². The molecule has 0 bridgehead atoms. The van der Waals surface area contributed by atoms with Crippen LogP contribution in [-0.4, -0.2) is 15.0 Å². The number of rotatable bonds is 3. The molecule has 0 unspecified atom stereocenters. The zero-order valence-corrected chi connectivity index (χ0v) is 10.2. The van der Waals surface area contributed by atoms with Crippen LogP contribution in [-0.2, 0) is 9.84 Å². The summed E-state index contributed by atoms with van der Waals surface area (Å²) < 4.78 is 23.6. The van der Waals surface area contributed by atoms with Crippen molar-refractivity contribution in [2.24, 2.45) is 5.73 Å². The number of hydrogen-bond donors (Lipinski definition) is 1. The largest absolute Gasteiger partial charge is 0.330 e. The Hall–Kier alpha value is -0.840. The molecule has 0 saturated carbocycles. The fourth-order valence-corrected chi connectivity index (χ4v) is 3.58. The Morgan fingerprint density at radius 2 is 2.06 bits per heavy atom. The Morgan fingerprint density at radius 1 is 1.31 bits per heavy atom. The van der Waals surface area contributed by atoms with Crippen molar-refractivity contribution in [1.29, 1.82) is 0 Å². The van der Waals surface area contributed by atoms with Gasteiger partial charge in [-0.2, -0.15) is 0 Å². The van der Waals surface area contributed by atoms with Gasteiger partial charge in [0, 0.05) is 10.4 Å². The number of halogens is 1. The van der Waals surface area contributed by atoms with Crippen LogP contribution in [0.15, 0.2) is 28.5 Å². The van der Waals surface area contributed by atoms with Gasteiger partial charge < -0.3 is 5.73 Å². The van der Waals surface area contributed by atoms with E-state index in [9.17, 15) is 8.42 Å². The first kappa shape index (κ1) is 11.6. The fraction of sp³-hybridized carbons (Fsp3) is 0.273. The molecule has 3 nitrogen and oxygen atoms in total. The Kier molecular flexibility index (Phi) is 3.06. The van der Waals surface area contributed by atoms with Gasteiger partial charge in [-0.1, -0.05) is 17.7 Å². The molecule has 0 amide bonds. The van der Waals surface area contributed by atoms with E-state index in [1.807, 2.05) is 0 Å². The lowest BCUT2D eigenvalue weighted by molar-refractivity contribution is 0.605. The molecule has 1 heterocycles. The molecule has 2 N–H and O–H groups in total. The van der Waals surface area contributed by atoms with Gasteiger partial charge in [0.1, 0.15) is 0 Å². The second-order valence-electron chi connectivity index (χ2n) is 3.72. The standard InChI is InChI=1S/C11H12ClNO2S/c12-9-3-4-10-8(2-1-5-13)7-16(14,15)11(10)6-9/h3-4,6-7H,1-2,5,13H2. The summed E-state index contributed by atoms with van der Waals surface area (Å²) in [5, 5.41) is 1.76. The maximum absolute atomic E-state index is 11.8. The monoisotopic (exact) mass is 257 g/mol. The van der Waals surface area contributed by atoms with Gasteiger partial charge in [0.25, 0.3) is 0 Å². The van der Waals surface area contributed by atoms with Crippen LogP contribution in [0.3, 0.4) is 0 Å². The molecule has 0 atom stereocenters. The van der Waals surface area contributed by atoms with Crippen LogP contribution in [0.5, 0.6) is 0 Å². The van der Waals surface area contributed by atoms with Crippen LogP contribution in [0.4, 0.5) is 0 Å².